The second-order valence-corrected chi connectivity index (χ2v) is 8.65. The topological polar surface area (TPSA) is 60.9 Å². The predicted octanol–water partition coefficient (Wildman–Crippen LogP) is 2.43. The number of carbonyl (C=O) groups excluding carboxylic acids is 1. The summed E-state index contributed by atoms with van der Waals surface area (Å²) in [6.45, 7) is 5.85. The Morgan fingerprint density at radius 2 is 1.75 bits per heavy atom. The Morgan fingerprint density at radius 3 is 2.39 bits per heavy atom. The van der Waals surface area contributed by atoms with Crippen molar-refractivity contribution in [2.24, 2.45) is 0 Å². The van der Waals surface area contributed by atoms with Crippen LogP contribution in [0.3, 0.4) is 0 Å². The molecule has 0 aromatic heterocycles. The van der Waals surface area contributed by atoms with Gasteiger partial charge < -0.3 is 9.80 Å². The van der Waals surface area contributed by atoms with Crippen molar-refractivity contribution in [3.05, 3.63) is 59.9 Å². The highest BCUT2D eigenvalue weighted by Crippen LogP contribution is 2.25. The first-order chi connectivity index (χ1) is 13.3. The van der Waals surface area contributed by atoms with Crippen LogP contribution in [-0.4, -0.2) is 63.9 Å². The largest absolute Gasteiger partial charge is 0.336 e. The number of nitrogens with zero attached hydrogens (tertiary/aromatic N) is 3. The number of hydrogen-bond acceptors (Lipinski definition) is 4. The van der Waals surface area contributed by atoms with Crippen LogP contribution >= 0.6 is 0 Å². The first-order valence-corrected chi connectivity index (χ1v) is 10.6. The first kappa shape index (κ1) is 20.3. The number of piperazine rings is 1. The van der Waals surface area contributed by atoms with Crippen LogP contribution in [0.1, 0.15) is 17.3 Å². The molecular weight excluding hydrogens is 381 g/mol. The maximum Gasteiger partial charge on any atom is 0.264 e. The summed E-state index contributed by atoms with van der Waals surface area (Å²) in [7, 11) is -2.70. The molecule has 1 fully saturated rings. The van der Waals surface area contributed by atoms with Gasteiger partial charge in [0.25, 0.3) is 15.9 Å². The molecule has 1 aliphatic rings. The van der Waals surface area contributed by atoms with Crippen molar-refractivity contribution in [2.45, 2.75) is 11.8 Å². The monoisotopic (exact) mass is 405 g/mol. The first-order valence-electron chi connectivity index (χ1n) is 9.19. The zero-order chi connectivity index (χ0) is 20.3. The number of halogens is 1. The fourth-order valence-corrected chi connectivity index (χ4v) is 4.48. The summed E-state index contributed by atoms with van der Waals surface area (Å²) >= 11 is 0. The number of rotatable bonds is 5. The minimum Gasteiger partial charge on any atom is -0.336 e. The Balaban J connectivity index is 1.84. The van der Waals surface area contributed by atoms with Crippen LogP contribution < -0.4 is 4.31 Å². The molecule has 8 heteroatoms. The van der Waals surface area contributed by atoms with E-state index < -0.39 is 15.8 Å². The molecule has 6 nitrogen and oxygen atoms in total. The summed E-state index contributed by atoms with van der Waals surface area (Å²) in [6.07, 6.45) is 0. The van der Waals surface area contributed by atoms with Crippen molar-refractivity contribution in [3.63, 3.8) is 0 Å². The highest BCUT2D eigenvalue weighted by atomic mass is 32.2. The van der Waals surface area contributed by atoms with Crippen LogP contribution in [0, 0.1) is 5.82 Å². The van der Waals surface area contributed by atoms with E-state index in [1.54, 1.807) is 17.0 Å². The van der Waals surface area contributed by atoms with Crippen molar-refractivity contribution in [1.29, 1.82) is 0 Å². The van der Waals surface area contributed by atoms with Gasteiger partial charge in [-0.25, -0.2) is 12.8 Å². The molecule has 0 N–H and O–H groups in total. The third-order valence-electron chi connectivity index (χ3n) is 5.04. The van der Waals surface area contributed by atoms with Gasteiger partial charge >= 0.3 is 0 Å². The number of benzene rings is 2. The fourth-order valence-electron chi connectivity index (χ4n) is 3.23. The lowest BCUT2D eigenvalue weighted by Gasteiger charge is -2.34. The van der Waals surface area contributed by atoms with E-state index in [4.69, 9.17) is 0 Å². The molecule has 0 spiro atoms. The minimum atomic E-state index is -4.00. The SMILES string of the molecule is CCN1CCN(C(=O)c2cccc(S(=O)(=O)N(C)c3ccccc3F)c2)CC1. The Hall–Kier alpha value is -2.45. The summed E-state index contributed by atoms with van der Waals surface area (Å²) < 4.78 is 40.8. The number of anilines is 1. The maximum atomic E-state index is 14.0. The number of para-hydroxylation sites is 1. The summed E-state index contributed by atoms with van der Waals surface area (Å²) in [4.78, 5) is 16.8. The molecule has 3 rings (SSSR count). The molecule has 0 radical (unpaired) electrons. The van der Waals surface area contributed by atoms with Crippen molar-refractivity contribution in [2.75, 3.05) is 44.1 Å². The van der Waals surface area contributed by atoms with Crippen molar-refractivity contribution < 1.29 is 17.6 Å². The van der Waals surface area contributed by atoms with Gasteiger partial charge in [-0.15, -0.1) is 0 Å². The Labute approximate surface area is 165 Å². The molecule has 2 aromatic carbocycles. The maximum absolute atomic E-state index is 14.0. The molecule has 0 saturated carbocycles. The van der Waals surface area contributed by atoms with E-state index in [1.165, 1.54) is 43.4 Å². The van der Waals surface area contributed by atoms with Gasteiger partial charge in [0.15, 0.2) is 0 Å². The van der Waals surface area contributed by atoms with Crippen molar-refractivity contribution in [1.82, 2.24) is 9.80 Å². The van der Waals surface area contributed by atoms with E-state index in [9.17, 15) is 17.6 Å². The molecule has 0 unspecified atom stereocenters. The zero-order valence-corrected chi connectivity index (χ0v) is 16.8. The molecule has 1 aliphatic heterocycles. The summed E-state index contributed by atoms with van der Waals surface area (Å²) in [6, 6.07) is 11.6. The third kappa shape index (κ3) is 4.02. The number of amides is 1. The Bertz CT molecular complexity index is 957. The van der Waals surface area contributed by atoms with Crippen LogP contribution in [0.25, 0.3) is 0 Å². The van der Waals surface area contributed by atoms with Gasteiger partial charge in [0, 0.05) is 38.8 Å². The van der Waals surface area contributed by atoms with Crippen LogP contribution in [-0.2, 0) is 10.0 Å². The van der Waals surface area contributed by atoms with Gasteiger partial charge in [0.2, 0.25) is 0 Å². The molecular formula is C20H24FN3O3S. The number of hydrogen-bond donors (Lipinski definition) is 0. The number of likely N-dealkylation sites (N-methyl/N-ethyl adjacent to an activating group) is 1. The lowest BCUT2D eigenvalue weighted by molar-refractivity contribution is 0.0643. The lowest BCUT2D eigenvalue weighted by atomic mass is 10.2. The van der Waals surface area contributed by atoms with Gasteiger partial charge in [0.05, 0.1) is 10.6 Å². The van der Waals surface area contributed by atoms with Crippen LogP contribution in [0.5, 0.6) is 0 Å². The summed E-state index contributed by atoms with van der Waals surface area (Å²) in [5.74, 6) is -0.823. The van der Waals surface area contributed by atoms with Gasteiger partial charge in [-0.2, -0.15) is 0 Å². The molecule has 28 heavy (non-hydrogen) atoms. The second-order valence-electron chi connectivity index (χ2n) is 6.68. The molecule has 150 valence electrons. The van der Waals surface area contributed by atoms with E-state index in [0.717, 1.165) is 23.9 Å². The fraction of sp³-hybridized carbons (Fsp3) is 0.350. The highest BCUT2D eigenvalue weighted by molar-refractivity contribution is 7.92. The third-order valence-corrected chi connectivity index (χ3v) is 6.81. The number of sulfonamides is 1. The van der Waals surface area contributed by atoms with Crippen molar-refractivity contribution in [3.8, 4) is 0 Å². The lowest BCUT2D eigenvalue weighted by Crippen LogP contribution is -2.48. The van der Waals surface area contributed by atoms with Gasteiger partial charge in [0.1, 0.15) is 5.82 Å². The quantitative estimate of drug-likeness (QED) is 0.767. The van der Waals surface area contributed by atoms with Crippen LogP contribution in [0.2, 0.25) is 0 Å². The smallest absolute Gasteiger partial charge is 0.264 e. The molecule has 0 bridgehead atoms. The molecule has 0 aliphatic carbocycles. The van der Waals surface area contributed by atoms with E-state index in [-0.39, 0.29) is 16.5 Å². The van der Waals surface area contributed by atoms with Gasteiger partial charge in [-0.05, 0) is 36.9 Å². The van der Waals surface area contributed by atoms with Gasteiger partial charge in [-0.3, -0.25) is 9.10 Å². The molecule has 1 heterocycles. The molecule has 2 aromatic rings. The molecule has 0 atom stereocenters. The van der Waals surface area contributed by atoms with E-state index in [1.807, 2.05) is 0 Å². The average Bonchev–Trinajstić information content (AvgIpc) is 2.73. The summed E-state index contributed by atoms with van der Waals surface area (Å²) in [5, 5.41) is 0. The molecule has 1 amide bonds. The Kier molecular flexibility index (Phi) is 6.00. The second kappa shape index (κ2) is 8.28. The number of carbonyl (C=O) groups is 1. The van der Waals surface area contributed by atoms with E-state index in [0.29, 0.717) is 18.7 Å². The van der Waals surface area contributed by atoms with E-state index in [2.05, 4.69) is 11.8 Å². The van der Waals surface area contributed by atoms with Crippen molar-refractivity contribution >= 4 is 21.6 Å². The average molecular weight is 405 g/mol. The van der Waals surface area contributed by atoms with Crippen LogP contribution in [0.4, 0.5) is 10.1 Å². The normalized spacial score (nSPS) is 15.5. The highest BCUT2D eigenvalue weighted by Gasteiger charge is 2.26. The van der Waals surface area contributed by atoms with Gasteiger partial charge in [-0.1, -0.05) is 25.1 Å². The summed E-state index contributed by atoms with van der Waals surface area (Å²) in [5.41, 5.74) is 0.267. The Morgan fingerprint density at radius 1 is 1.07 bits per heavy atom. The molecule has 1 saturated heterocycles. The minimum absolute atomic E-state index is 0.0451. The standard InChI is InChI=1S/C20H24FN3O3S/c1-3-23-11-13-24(14-12-23)20(25)16-7-6-8-17(15-16)28(26,27)22(2)19-10-5-4-9-18(19)21/h4-10,15H,3,11-14H2,1-2H3. The van der Waals surface area contributed by atoms with E-state index >= 15 is 0 Å². The van der Waals surface area contributed by atoms with Crippen LogP contribution in [0.15, 0.2) is 53.4 Å². The predicted molar refractivity (Wildman–Crippen MR) is 106 cm³/mol. The zero-order valence-electron chi connectivity index (χ0n) is 16.0.